The number of anilines is 2. The molecule has 0 unspecified atom stereocenters. The van der Waals surface area contributed by atoms with E-state index < -0.39 is 27.3 Å². The largest absolute Gasteiger partial charge is 0.321 e. The van der Waals surface area contributed by atoms with Gasteiger partial charge in [-0.05, 0) is 55.5 Å². The van der Waals surface area contributed by atoms with Crippen LogP contribution < -0.4 is 9.62 Å². The predicted octanol–water partition coefficient (Wildman–Crippen LogP) is 5.60. The maximum absolute atomic E-state index is 14.4. The molecule has 0 aromatic heterocycles. The molecule has 3 aromatic carbocycles. The third-order valence-corrected chi connectivity index (χ3v) is 6.73. The summed E-state index contributed by atoms with van der Waals surface area (Å²) in [7, 11) is -4.02. The van der Waals surface area contributed by atoms with E-state index in [1.54, 1.807) is 37.3 Å². The summed E-state index contributed by atoms with van der Waals surface area (Å²) < 4.78 is 41.8. The highest BCUT2D eigenvalue weighted by Crippen LogP contribution is 2.28. The minimum atomic E-state index is -4.02. The van der Waals surface area contributed by atoms with Crippen LogP contribution in [0.5, 0.6) is 0 Å². The average Bonchev–Trinajstić information content (AvgIpc) is 2.71. The lowest BCUT2D eigenvalue weighted by Crippen LogP contribution is -2.31. The SMILES string of the molecule is CCN(c1ccccc1)S(=O)(=O)c1ccc(F)c(C(=O)Nc2ccc(Cl)cc2Cl)c1. The normalized spacial score (nSPS) is 11.2. The lowest BCUT2D eigenvalue weighted by atomic mass is 10.2. The maximum Gasteiger partial charge on any atom is 0.264 e. The Kier molecular flexibility index (Phi) is 6.65. The summed E-state index contributed by atoms with van der Waals surface area (Å²) in [6.07, 6.45) is 0. The van der Waals surface area contributed by atoms with E-state index in [-0.39, 0.29) is 22.2 Å². The predicted molar refractivity (Wildman–Crippen MR) is 117 cm³/mol. The second-order valence-electron chi connectivity index (χ2n) is 6.23. The minimum absolute atomic E-state index is 0.158. The summed E-state index contributed by atoms with van der Waals surface area (Å²) in [6, 6.07) is 16.0. The second-order valence-corrected chi connectivity index (χ2v) is 8.93. The van der Waals surface area contributed by atoms with Gasteiger partial charge in [-0.15, -0.1) is 0 Å². The van der Waals surface area contributed by atoms with Crippen molar-refractivity contribution in [2.75, 3.05) is 16.2 Å². The Labute approximate surface area is 184 Å². The highest BCUT2D eigenvalue weighted by atomic mass is 35.5. The fraction of sp³-hybridized carbons (Fsp3) is 0.0952. The first-order chi connectivity index (χ1) is 14.2. The molecular formula is C21H17Cl2FN2O3S. The van der Waals surface area contributed by atoms with E-state index in [9.17, 15) is 17.6 Å². The number of hydrogen-bond donors (Lipinski definition) is 1. The van der Waals surface area contributed by atoms with Crippen LogP contribution in [0.25, 0.3) is 0 Å². The zero-order valence-corrected chi connectivity index (χ0v) is 18.1. The van der Waals surface area contributed by atoms with Crippen LogP contribution in [-0.2, 0) is 10.0 Å². The fourth-order valence-electron chi connectivity index (χ4n) is 2.83. The Morgan fingerprint density at radius 3 is 2.37 bits per heavy atom. The number of halogens is 3. The van der Waals surface area contributed by atoms with Gasteiger partial charge in [-0.2, -0.15) is 0 Å². The fourth-order valence-corrected chi connectivity index (χ4v) is 4.79. The van der Waals surface area contributed by atoms with Crippen LogP contribution in [0.1, 0.15) is 17.3 Å². The van der Waals surface area contributed by atoms with Crippen LogP contribution in [0, 0.1) is 5.82 Å². The highest BCUT2D eigenvalue weighted by Gasteiger charge is 2.26. The first kappa shape index (κ1) is 22.1. The van der Waals surface area contributed by atoms with Crippen molar-refractivity contribution in [1.82, 2.24) is 0 Å². The van der Waals surface area contributed by atoms with Gasteiger partial charge >= 0.3 is 0 Å². The number of benzene rings is 3. The van der Waals surface area contributed by atoms with E-state index in [4.69, 9.17) is 23.2 Å². The summed E-state index contributed by atoms with van der Waals surface area (Å²) in [5.41, 5.74) is 0.257. The first-order valence-electron chi connectivity index (χ1n) is 8.87. The zero-order chi connectivity index (χ0) is 21.9. The van der Waals surface area contributed by atoms with Crippen LogP contribution in [0.2, 0.25) is 10.0 Å². The highest BCUT2D eigenvalue weighted by molar-refractivity contribution is 7.92. The molecule has 5 nitrogen and oxygen atoms in total. The Hall–Kier alpha value is -2.61. The number of hydrogen-bond acceptors (Lipinski definition) is 3. The molecule has 9 heteroatoms. The molecule has 0 bridgehead atoms. The third-order valence-electron chi connectivity index (χ3n) is 4.28. The Bertz CT molecular complexity index is 1190. The average molecular weight is 467 g/mol. The molecule has 0 fully saturated rings. The van der Waals surface area contributed by atoms with Gasteiger partial charge in [0, 0.05) is 11.6 Å². The summed E-state index contributed by atoms with van der Waals surface area (Å²) in [5.74, 6) is -1.70. The van der Waals surface area contributed by atoms with Crippen molar-refractivity contribution in [3.63, 3.8) is 0 Å². The van der Waals surface area contributed by atoms with Gasteiger partial charge in [-0.3, -0.25) is 9.10 Å². The molecule has 1 N–H and O–H groups in total. The van der Waals surface area contributed by atoms with E-state index in [1.165, 1.54) is 22.5 Å². The number of sulfonamides is 1. The smallest absolute Gasteiger partial charge is 0.264 e. The topological polar surface area (TPSA) is 66.5 Å². The van der Waals surface area contributed by atoms with Gasteiger partial charge in [0.15, 0.2) is 0 Å². The Balaban J connectivity index is 1.97. The molecule has 0 aliphatic carbocycles. The number of nitrogens with one attached hydrogen (secondary N) is 1. The molecule has 0 saturated carbocycles. The molecule has 1 amide bonds. The Morgan fingerprint density at radius 2 is 1.73 bits per heavy atom. The van der Waals surface area contributed by atoms with Gasteiger partial charge in [-0.25, -0.2) is 12.8 Å². The first-order valence-corrected chi connectivity index (χ1v) is 11.1. The monoisotopic (exact) mass is 466 g/mol. The molecule has 3 aromatic rings. The van der Waals surface area contributed by atoms with E-state index >= 15 is 0 Å². The van der Waals surface area contributed by atoms with Gasteiger partial charge in [0.25, 0.3) is 15.9 Å². The molecule has 0 atom stereocenters. The molecule has 0 radical (unpaired) electrons. The molecule has 3 rings (SSSR count). The molecule has 0 heterocycles. The van der Waals surface area contributed by atoms with Crippen molar-refractivity contribution in [1.29, 1.82) is 0 Å². The summed E-state index contributed by atoms with van der Waals surface area (Å²) >= 11 is 11.9. The number of rotatable bonds is 6. The van der Waals surface area contributed by atoms with E-state index in [0.29, 0.717) is 10.7 Å². The van der Waals surface area contributed by atoms with Gasteiger partial charge in [0.1, 0.15) is 5.82 Å². The molecule has 0 spiro atoms. The van der Waals surface area contributed by atoms with Crippen LogP contribution >= 0.6 is 23.2 Å². The van der Waals surface area contributed by atoms with Crippen molar-refractivity contribution in [3.8, 4) is 0 Å². The lowest BCUT2D eigenvalue weighted by Gasteiger charge is -2.23. The van der Waals surface area contributed by atoms with Crippen LogP contribution in [0.3, 0.4) is 0 Å². The summed E-state index contributed by atoms with van der Waals surface area (Å²) in [6.45, 7) is 1.84. The maximum atomic E-state index is 14.4. The van der Waals surface area contributed by atoms with E-state index in [2.05, 4.69) is 5.32 Å². The number of carbonyl (C=O) groups excluding carboxylic acids is 1. The van der Waals surface area contributed by atoms with Crippen molar-refractivity contribution in [2.45, 2.75) is 11.8 Å². The quantitative estimate of drug-likeness (QED) is 0.513. The van der Waals surface area contributed by atoms with Gasteiger partial charge < -0.3 is 5.32 Å². The molecule has 30 heavy (non-hydrogen) atoms. The Morgan fingerprint density at radius 1 is 1.03 bits per heavy atom. The minimum Gasteiger partial charge on any atom is -0.321 e. The number of nitrogens with zero attached hydrogens (tertiary/aromatic N) is 1. The standard InChI is InChI=1S/C21H17Cl2FN2O3S/c1-2-26(15-6-4-3-5-7-15)30(28,29)16-9-10-19(24)17(13-16)21(27)25-20-11-8-14(22)12-18(20)23/h3-13H,2H2,1H3,(H,25,27). The second kappa shape index (κ2) is 9.04. The number of carbonyl (C=O) groups is 1. The summed E-state index contributed by atoms with van der Waals surface area (Å²) in [4.78, 5) is 12.4. The van der Waals surface area contributed by atoms with Crippen molar-refractivity contribution >= 4 is 50.5 Å². The summed E-state index contributed by atoms with van der Waals surface area (Å²) in [5, 5.41) is 3.01. The van der Waals surface area contributed by atoms with Gasteiger partial charge in [0.2, 0.25) is 0 Å². The van der Waals surface area contributed by atoms with Crippen molar-refractivity contribution in [3.05, 3.63) is 88.2 Å². The number of amides is 1. The van der Waals surface area contributed by atoms with E-state index in [0.717, 1.165) is 18.2 Å². The van der Waals surface area contributed by atoms with Gasteiger partial charge in [0.05, 0.1) is 26.9 Å². The third kappa shape index (κ3) is 4.59. The van der Waals surface area contributed by atoms with Crippen molar-refractivity contribution in [2.24, 2.45) is 0 Å². The van der Waals surface area contributed by atoms with Crippen molar-refractivity contribution < 1.29 is 17.6 Å². The molecule has 0 saturated heterocycles. The van der Waals surface area contributed by atoms with Crippen LogP contribution in [-0.4, -0.2) is 20.9 Å². The van der Waals surface area contributed by atoms with Crippen LogP contribution in [0.4, 0.5) is 15.8 Å². The molecule has 0 aliphatic heterocycles. The molecule has 156 valence electrons. The number of para-hydroxylation sites is 1. The zero-order valence-electron chi connectivity index (χ0n) is 15.8. The van der Waals surface area contributed by atoms with E-state index in [1.807, 2.05) is 0 Å². The van der Waals surface area contributed by atoms with Gasteiger partial charge in [-0.1, -0.05) is 41.4 Å². The van der Waals surface area contributed by atoms with Crippen LogP contribution in [0.15, 0.2) is 71.6 Å². The molecular weight excluding hydrogens is 450 g/mol. The lowest BCUT2D eigenvalue weighted by molar-refractivity contribution is 0.102. The molecule has 0 aliphatic rings.